The summed E-state index contributed by atoms with van der Waals surface area (Å²) in [5.41, 5.74) is 0.400. The topological polar surface area (TPSA) is 93.7 Å². The number of anilines is 1. The van der Waals surface area contributed by atoms with Crippen molar-refractivity contribution in [3.05, 3.63) is 65.7 Å². The zero-order valence-electron chi connectivity index (χ0n) is 16.5. The van der Waals surface area contributed by atoms with Gasteiger partial charge in [0.1, 0.15) is 24.3 Å². The van der Waals surface area contributed by atoms with Gasteiger partial charge >= 0.3 is 12.1 Å². The van der Waals surface area contributed by atoms with E-state index in [0.29, 0.717) is 0 Å². The number of carbonyl (C=O) groups is 3. The molecule has 30 heavy (non-hydrogen) atoms. The largest absolute Gasteiger partial charge is 0.454 e. The molecule has 0 saturated heterocycles. The number of hydrogen-bond donors (Lipinski definition) is 2. The van der Waals surface area contributed by atoms with Crippen molar-refractivity contribution in [3.8, 4) is 0 Å². The van der Waals surface area contributed by atoms with Gasteiger partial charge in [-0.05, 0) is 23.6 Å². The van der Waals surface area contributed by atoms with Crippen molar-refractivity contribution in [3.63, 3.8) is 0 Å². The molecule has 0 aromatic heterocycles. The zero-order valence-corrected chi connectivity index (χ0v) is 16.5. The minimum Gasteiger partial charge on any atom is -0.454 e. The minimum atomic E-state index is -1.06. The highest BCUT2D eigenvalue weighted by molar-refractivity contribution is 5.93. The van der Waals surface area contributed by atoms with E-state index in [-0.39, 0.29) is 18.2 Å². The van der Waals surface area contributed by atoms with Crippen molar-refractivity contribution in [1.29, 1.82) is 0 Å². The van der Waals surface area contributed by atoms with Gasteiger partial charge in [0.2, 0.25) is 0 Å². The van der Waals surface area contributed by atoms with Crippen molar-refractivity contribution in [1.82, 2.24) is 5.32 Å². The molecule has 0 aliphatic rings. The average molecular weight is 420 g/mol. The second-order valence-corrected chi connectivity index (χ2v) is 6.71. The molecule has 0 bridgehead atoms. The zero-order chi connectivity index (χ0) is 22.1. The van der Waals surface area contributed by atoms with Crippen LogP contribution in [-0.2, 0) is 25.7 Å². The number of halogens is 2. The smallest absolute Gasteiger partial charge is 0.408 e. The fourth-order valence-corrected chi connectivity index (χ4v) is 2.40. The molecule has 160 valence electrons. The molecule has 2 aromatic carbocycles. The maximum Gasteiger partial charge on any atom is 0.408 e. The Kier molecular flexibility index (Phi) is 8.28. The van der Waals surface area contributed by atoms with Crippen molar-refractivity contribution in [2.75, 3.05) is 11.9 Å². The molecule has 0 unspecified atom stereocenters. The van der Waals surface area contributed by atoms with Gasteiger partial charge in [-0.25, -0.2) is 18.4 Å². The van der Waals surface area contributed by atoms with Gasteiger partial charge in [0.25, 0.3) is 5.91 Å². The lowest BCUT2D eigenvalue weighted by Crippen LogP contribution is -2.46. The summed E-state index contributed by atoms with van der Waals surface area (Å²) in [6.07, 6.45) is -0.819. The van der Waals surface area contributed by atoms with Gasteiger partial charge in [0.15, 0.2) is 6.61 Å². The molecule has 0 spiro atoms. The number of ether oxygens (including phenoxy) is 2. The number of hydrogen-bond acceptors (Lipinski definition) is 5. The first kappa shape index (κ1) is 22.8. The van der Waals surface area contributed by atoms with E-state index in [2.05, 4.69) is 10.6 Å². The molecule has 9 heteroatoms. The third-order valence-corrected chi connectivity index (χ3v) is 3.95. The van der Waals surface area contributed by atoms with Gasteiger partial charge in [0, 0.05) is 6.07 Å². The van der Waals surface area contributed by atoms with Gasteiger partial charge in [-0.15, -0.1) is 0 Å². The fraction of sp³-hybridized carbons (Fsp3) is 0.286. The third-order valence-electron chi connectivity index (χ3n) is 3.95. The number of esters is 1. The second-order valence-electron chi connectivity index (χ2n) is 6.71. The summed E-state index contributed by atoms with van der Waals surface area (Å²) >= 11 is 0. The van der Waals surface area contributed by atoms with Crippen LogP contribution in [0.5, 0.6) is 0 Å². The lowest BCUT2D eigenvalue weighted by molar-refractivity contribution is -0.150. The van der Waals surface area contributed by atoms with Crippen LogP contribution in [0.2, 0.25) is 0 Å². The van der Waals surface area contributed by atoms with Crippen molar-refractivity contribution < 1.29 is 32.6 Å². The van der Waals surface area contributed by atoms with Crippen LogP contribution in [0.3, 0.4) is 0 Å². The Morgan fingerprint density at radius 2 is 1.70 bits per heavy atom. The Bertz CT molecular complexity index is 890. The summed E-state index contributed by atoms with van der Waals surface area (Å²) in [5.74, 6) is -3.65. The molecule has 0 saturated carbocycles. The number of benzene rings is 2. The monoisotopic (exact) mass is 420 g/mol. The molecule has 0 fully saturated rings. The Balaban J connectivity index is 1.84. The first-order valence-corrected chi connectivity index (χ1v) is 9.15. The van der Waals surface area contributed by atoms with Crippen LogP contribution in [0, 0.1) is 17.6 Å². The lowest BCUT2D eigenvalue weighted by atomic mass is 10.1. The van der Waals surface area contributed by atoms with E-state index < -0.39 is 42.3 Å². The number of rotatable bonds is 8. The number of amides is 2. The van der Waals surface area contributed by atoms with Crippen LogP contribution in [-0.4, -0.2) is 30.6 Å². The summed E-state index contributed by atoms with van der Waals surface area (Å²) in [6.45, 7) is 2.63. The number of nitrogens with one attached hydrogen (secondary N) is 2. The highest BCUT2D eigenvalue weighted by Crippen LogP contribution is 2.15. The van der Waals surface area contributed by atoms with Crippen LogP contribution in [0.25, 0.3) is 0 Å². The molecular weight excluding hydrogens is 398 g/mol. The third kappa shape index (κ3) is 7.16. The Morgan fingerprint density at radius 1 is 1.00 bits per heavy atom. The molecule has 7 nitrogen and oxygen atoms in total. The normalized spacial score (nSPS) is 11.5. The summed E-state index contributed by atoms with van der Waals surface area (Å²) in [5, 5.41) is 4.51. The van der Waals surface area contributed by atoms with Gasteiger partial charge in [-0.3, -0.25) is 4.79 Å². The van der Waals surface area contributed by atoms with Crippen molar-refractivity contribution >= 4 is 23.7 Å². The molecule has 2 aromatic rings. The maximum atomic E-state index is 13.6. The molecule has 2 amide bonds. The van der Waals surface area contributed by atoms with Crippen LogP contribution in [0.15, 0.2) is 48.5 Å². The van der Waals surface area contributed by atoms with Crippen molar-refractivity contribution in [2.24, 2.45) is 5.92 Å². The predicted octanol–water partition coefficient (Wildman–Crippen LogP) is 3.40. The highest BCUT2D eigenvalue weighted by atomic mass is 19.1. The minimum absolute atomic E-state index is 0.0220. The van der Waals surface area contributed by atoms with E-state index in [1.165, 1.54) is 0 Å². The molecule has 0 heterocycles. The van der Waals surface area contributed by atoms with Gasteiger partial charge < -0.3 is 20.1 Å². The average Bonchev–Trinajstić information content (AvgIpc) is 2.72. The molecule has 0 aliphatic carbocycles. The SMILES string of the molecule is CC(C)[C@H](NC(=O)OCc1ccccc1)C(=O)OCC(=O)Nc1cc(F)ccc1F. The van der Waals surface area contributed by atoms with Gasteiger partial charge in [0.05, 0.1) is 5.69 Å². The Labute approximate surface area is 172 Å². The predicted molar refractivity (Wildman–Crippen MR) is 104 cm³/mol. The van der Waals surface area contributed by atoms with Crippen LogP contribution in [0.1, 0.15) is 19.4 Å². The number of alkyl carbamates (subject to hydrolysis) is 1. The quantitative estimate of drug-likeness (QED) is 0.639. The Hall–Kier alpha value is -3.49. The molecule has 2 N–H and O–H groups in total. The molecule has 0 radical (unpaired) electrons. The Morgan fingerprint density at radius 3 is 2.37 bits per heavy atom. The second kappa shape index (κ2) is 10.9. The van der Waals surface area contributed by atoms with Crippen LogP contribution < -0.4 is 10.6 Å². The summed E-state index contributed by atoms with van der Waals surface area (Å²) in [7, 11) is 0. The molecule has 1 atom stereocenters. The molecule has 2 rings (SSSR count). The number of carbonyl (C=O) groups excluding carboxylic acids is 3. The van der Waals surface area contributed by atoms with E-state index in [1.54, 1.807) is 38.1 Å². The van der Waals surface area contributed by atoms with E-state index in [4.69, 9.17) is 9.47 Å². The van der Waals surface area contributed by atoms with E-state index in [9.17, 15) is 23.2 Å². The van der Waals surface area contributed by atoms with E-state index in [1.807, 2.05) is 6.07 Å². The first-order chi connectivity index (χ1) is 14.3. The van der Waals surface area contributed by atoms with E-state index in [0.717, 1.165) is 23.8 Å². The lowest BCUT2D eigenvalue weighted by Gasteiger charge is -2.20. The van der Waals surface area contributed by atoms with Crippen molar-refractivity contribution in [2.45, 2.75) is 26.5 Å². The van der Waals surface area contributed by atoms with Gasteiger partial charge in [-0.2, -0.15) is 0 Å². The summed E-state index contributed by atoms with van der Waals surface area (Å²) in [4.78, 5) is 36.1. The van der Waals surface area contributed by atoms with Crippen LogP contribution in [0.4, 0.5) is 19.3 Å². The fourth-order valence-electron chi connectivity index (χ4n) is 2.40. The molecule has 0 aliphatic heterocycles. The maximum absolute atomic E-state index is 13.6. The standard InChI is InChI=1S/C21H22F2N2O5/c1-13(2)19(25-21(28)30-11-14-6-4-3-5-7-14)20(27)29-12-18(26)24-17-10-15(22)8-9-16(17)23/h3-10,13,19H,11-12H2,1-2H3,(H,24,26)(H,25,28)/t19-/m0/s1. The summed E-state index contributed by atoms with van der Waals surface area (Å²) < 4.78 is 36.7. The van der Waals surface area contributed by atoms with E-state index >= 15 is 0 Å². The first-order valence-electron chi connectivity index (χ1n) is 9.15. The highest BCUT2D eigenvalue weighted by Gasteiger charge is 2.27. The summed E-state index contributed by atoms with van der Waals surface area (Å²) in [6, 6.07) is 10.5. The van der Waals surface area contributed by atoms with Gasteiger partial charge in [-0.1, -0.05) is 44.2 Å². The molecular formula is C21H22F2N2O5. The van der Waals surface area contributed by atoms with Crippen LogP contribution >= 0.6 is 0 Å².